The maximum atomic E-state index is 13.0. The van der Waals surface area contributed by atoms with Crippen LogP contribution in [0.3, 0.4) is 0 Å². The molecule has 0 spiro atoms. The van der Waals surface area contributed by atoms with Gasteiger partial charge in [-0.25, -0.2) is 0 Å². The van der Waals surface area contributed by atoms with Crippen LogP contribution in [-0.2, 0) is 4.79 Å². The average Bonchev–Trinajstić information content (AvgIpc) is 2.96. The number of carbonyl (C=O) groups excluding carboxylic acids is 1. The van der Waals surface area contributed by atoms with Crippen LogP contribution in [0, 0.1) is 40.4 Å². The Morgan fingerprint density at radius 1 is 1.12 bits per heavy atom. The second-order valence-electron chi connectivity index (χ2n) is 10.6. The van der Waals surface area contributed by atoms with Crippen LogP contribution in [0.5, 0.6) is 0 Å². The zero-order chi connectivity index (χ0) is 18.5. The van der Waals surface area contributed by atoms with Gasteiger partial charge in [-0.05, 0) is 91.9 Å². The third-order valence-corrected chi connectivity index (χ3v) is 9.01. The first-order valence-electron chi connectivity index (χ1n) is 11.3. The van der Waals surface area contributed by atoms with Crippen molar-refractivity contribution in [3.05, 3.63) is 23.8 Å². The number of ketones is 1. The lowest BCUT2D eigenvalue weighted by Crippen LogP contribution is -2.50. The van der Waals surface area contributed by atoms with E-state index in [1.807, 2.05) is 6.08 Å². The molecule has 6 unspecified atom stereocenters. The molecule has 3 saturated carbocycles. The van der Waals surface area contributed by atoms with Crippen LogP contribution in [0.4, 0.5) is 0 Å². The van der Waals surface area contributed by atoms with E-state index in [-0.39, 0.29) is 11.3 Å². The Labute approximate surface area is 160 Å². The average molecular weight is 355 g/mol. The normalized spacial score (nSPS) is 45.2. The molecule has 0 aromatic rings. The highest BCUT2D eigenvalue weighted by molar-refractivity contribution is 5.92. The summed E-state index contributed by atoms with van der Waals surface area (Å²) >= 11 is 0. The molecule has 3 fully saturated rings. The van der Waals surface area contributed by atoms with Gasteiger partial charge in [-0.2, -0.15) is 0 Å². The number of allylic oxidation sites excluding steroid dienone is 4. The summed E-state index contributed by atoms with van der Waals surface area (Å²) in [5.74, 6) is 3.62. The van der Waals surface area contributed by atoms with Gasteiger partial charge < -0.3 is 0 Å². The van der Waals surface area contributed by atoms with E-state index in [0.717, 1.165) is 24.2 Å². The number of hydrogen-bond acceptors (Lipinski definition) is 1. The number of rotatable bonds is 3. The Bertz CT molecular complexity index is 626. The van der Waals surface area contributed by atoms with E-state index in [9.17, 15) is 4.79 Å². The van der Waals surface area contributed by atoms with E-state index in [4.69, 9.17) is 0 Å². The Morgan fingerprint density at radius 2 is 1.92 bits per heavy atom. The fraction of sp³-hybridized carbons (Fsp3) is 0.800. The van der Waals surface area contributed by atoms with Gasteiger partial charge >= 0.3 is 0 Å². The standard InChI is InChI=1S/C25H38O/c1-17(2)8-13-23(26)22-12-11-20-19-10-9-18-7-5-6-15-24(18,3)21(19)14-16-25(20,22)4/h8-9,13,17,19-22H,5-7,10-12,14-16H2,1-4H3/b13-8+. The van der Waals surface area contributed by atoms with Crippen molar-refractivity contribution in [3.8, 4) is 0 Å². The third kappa shape index (κ3) is 2.76. The van der Waals surface area contributed by atoms with Crippen LogP contribution in [0.1, 0.15) is 85.5 Å². The van der Waals surface area contributed by atoms with E-state index in [2.05, 4.69) is 39.8 Å². The fourth-order valence-corrected chi connectivity index (χ4v) is 7.57. The molecular weight excluding hydrogens is 316 g/mol. The summed E-state index contributed by atoms with van der Waals surface area (Å²) in [6, 6.07) is 0. The second kappa shape index (κ2) is 6.64. The molecule has 4 aliphatic rings. The Kier molecular flexibility index (Phi) is 4.73. The van der Waals surface area contributed by atoms with Crippen molar-refractivity contribution in [2.75, 3.05) is 0 Å². The molecule has 6 atom stereocenters. The van der Waals surface area contributed by atoms with E-state index < -0.39 is 0 Å². The molecule has 0 heterocycles. The Balaban J connectivity index is 1.58. The summed E-state index contributed by atoms with van der Waals surface area (Å²) in [6.07, 6.45) is 18.5. The Morgan fingerprint density at radius 3 is 2.69 bits per heavy atom. The first-order valence-corrected chi connectivity index (χ1v) is 11.3. The lowest BCUT2D eigenvalue weighted by atomic mass is 9.47. The van der Waals surface area contributed by atoms with E-state index in [0.29, 0.717) is 17.1 Å². The summed E-state index contributed by atoms with van der Waals surface area (Å²) in [5.41, 5.74) is 2.51. The predicted octanol–water partition coefficient (Wildman–Crippen LogP) is 6.74. The Hall–Kier alpha value is -0.850. The fourth-order valence-electron chi connectivity index (χ4n) is 7.57. The SMILES string of the molecule is CC(C)/C=C/C(=O)C1CCC2C3CC=C4CCCCC4(C)C3CCC12C. The largest absolute Gasteiger partial charge is 0.295 e. The highest BCUT2D eigenvalue weighted by Crippen LogP contribution is 2.66. The van der Waals surface area contributed by atoms with Gasteiger partial charge in [0.15, 0.2) is 5.78 Å². The van der Waals surface area contributed by atoms with Crippen LogP contribution >= 0.6 is 0 Å². The summed E-state index contributed by atoms with van der Waals surface area (Å²) in [5, 5.41) is 0. The highest BCUT2D eigenvalue weighted by atomic mass is 16.1. The van der Waals surface area contributed by atoms with Crippen molar-refractivity contribution in [1.29, 1.82) is 0 Å². The molecule has 4 aliphatic carbocycles. The molecule has 4 rings (SSSR count). The zero-order valence-electron chi connectivity index (χ0n) is 17.4. The van der Waals surface area contributed by atoms with E-state index >= 15 is 0 Å². The molecule has 0 bridgehead atoms. The lowest BCUT2D eigenvalue weighted by molar-refractivity contribution is -0.124. The van der Waals surface area contributed by atoms with Gasteiger partial charge in [0.1, 0.15) is 0 Å². The maximum Gasteiger partial charge on any atom is 0.159 e. The van der Waals surface area contributed by atoms with Crippen molar-refractivity contribution >= 4 is 5.78 Å². The summed E-state index contributed by atoms with van der Waals surface area (Å²) in [7, 11) is 0. The summed E-state index contributed by atoms with van der Waals surface area (Å²) < 4.78 is 0. The van der Waals surface area contributed by atoms with Gasteiger partial charge in [0.2, 0.25) is 0 Å². The summed E-state index contributed by atoms with van der Waals surface area (Å²) in [6.45, 7) is 9.37. The number of hydrogen-bond donors (Lipinski definition) is 0. The second-order valence-corrected chi connectivity index (χ2v) is 10.6. The predicted molar refractivity (Wildman–Crippen MR) is 109 cm³/mol. The monoisotopic (exact) mass is 354 g/mol. The van der Waals surface area contributed by atoms with Gasteiger partial charge in [-0.15, -0.1) is 0 Å². The van der Waals surface area contributed by atoms with Crippen LogP contribution < -0.4 is 0 Å². The maximum absolute atomic E-state index is 13.0. The van der Waals surface area contributed by atoms with Crippen molar-refractivity contribution in [1.82, 2.24) is 0 Å². The zero-order valence-corrected chi connectivity index (χ0v) is 17.4. The molecule has 144 valence electrons. The minimum Gasteiger partial charge on any atom is -0.295 e. The molecule has 26 heavy (non-hydrogen) atoms. The van der Waals surface area contributed by atoms with E-state index in [1.54, 1.807) is 5.57 Å². The van der Waals surface area contributed by atoms with Crippen molar-refractivity contribution in [3.63, 3.8) is 0 Å². The molecule has 0 N–H and O–H groups in total. The third-order valence-electron chi connectivity index (χ3n) is 9.01. The molecular formula is C25H38O. The van der Waals surface area contributed by atoms with E-state index in [1.165, 1.54) is 51.4 Å². The van der Waals surface area contributed by atoms with Gasteiger partial charge in [-0.1, -0.05) is 51.8 Å². The number of fused-ring (bicyclic) bond motifs is 5. The molecule has 0 aromatic carbocycles. The molecule has 0 amide bonds. The van der Waals surface area contributed by atoms with Gasteiger partial charge in [-0.3, -0.25) is 4.79 Å². The molecule has 0 aromatic heterocycles. The van der Waals surface area contributed by atoms with Crippen molar-refractivity contribution in [2.45, 2.75) is 85.5 Å². The topological polar surface area (TPSA) is 17.1 Å². The summed E-state index contributed by atoms with van der Waals surface area (Å²) in [4.78, 5) is 13.0. The minimum absolute atomic E-state index is 0.246. The molecule has 1 nitrogen and oxygen atoms in total. The van der Waals surface area contributed by atoms with Gasteiger partial charge in [0, 0.05) is 5.92 Å². The minimum atomic E-state index is 0.246. The van der Waals surface area contributed by atoms with Gasteiger partial charge in [0.05, 0.1) is 0 Å². The van der Waals surface area contributed by atoms with Crippen LogP contribution in [0.15, 0.2) is 23.8 Å². The first-order chi connectivity index (χ1) is 12.4. The first kappa shape index (κ1) is 18.5. The van der Waals surface area contributed by atoms with Gasteiger partial charge in [0.25, 0.3) is 0 Å². The highest BCUT2D eigenvalue weighted by Gasteiger charge is 2.59. The molecule has 0 aliphatic heterocycles. The molecule has 1 heteroatoms. The van der Waals surface area contributed by atoms with Crippen molar-refractivity contribution in [2.24, 2.45) is 40.4 Å². The van der Waals surface area contributed by atoms with Crippen LogP contribution in [-0.4, -0.2) is 5.78 Å². The van der Waals surface area contributed by atoms with Crippen LogP contribution in [0.25, 0.3) is 0 Å². The quantitative estimate of drug-likeness (QED) is 0.405. The molecule has 0 radical (unpaired) electrons. The lowest BCUT2D eigenvalue weighted by Gasteiger charge is -2.57. The van der Waals surface area contributed by atoms with Crippen molar-refractivity contribution < 1.29 is 4.79 Å². The molecule has 0 saturated heterocycles. The van der Waals surface area contributed by atoms with Crippen LogP contribution in [0.2, 0.25) is 0 Å². The number of carbonyl (C=O) groups is 1. The smallest absolute Gasteiger partial charge is 0.159 e.